The van der Waals surface area contributed by atoms with Crippen molar-refractivity contribution in [2.75, 3.05) is 18.6 Å². The second-order valence-electron chi connectivity index (χ2n) is 3.59. The maximum atomic E-state index is 11.6. The Hall–Kier alpha value is -1.96. The number of amides is 1. The number of pyridine rings is 1. The summed E-state index contributed by atoms with van der Waals surface area (Å²) in [5.41, 5.74) is -0.465. The lowest BCUT2D eigenvalue weighted by molar-refractivity contribution is 0.0690. The molecule has 0 saturated carbocycles. The van der Waals surface area contributed by atoms with Gasteiger partial charge in [0.1, 0.15) is 15.5 Å². The summed E-state index contributed by atoms with van der Waals surface area (Å²) in [7, 11) is -3.18. The van der Waals surface area contributed by atoms with Crippen LogP contribution in [0.25, 0.3) is 0 Å². The molecule has 0 atom stereocenters. The number of aromatic carboxylic acids is 1. The molecule has 0 unspecified atom stereocenters. The van der Waals surface area contributed by atoms with Gasteiger partial charge in [-0.1, -0.05) is 0 Å². The third kappa shape index (κ3) is 4.13. The van der Waals surface area contributed by atoms with E-state index in [0.29, 0.717) is 0 Å². The first-order chi connectivity index (χ1) is 8.31. The monoisotopic (exact) mass is 272 g/mol. The average Bonchev–Trinajstić information content (AvgIpc) is 2.27. The molecule has 8 heteroatoms. The van der Waals surface area contributed by atoms with Crippen LogP contribution in [0.15, 0.2) is 18.3 Å². The summed E-state index contributed by atoms with van der Waals surface area (Å²) in [4.78, 5) is 26.1. The van der Waals surface area contributed by atoms with Gasteiger partial charge in [0.05, 0.1) is 11.3 Å². The van der Waals surface area contributed by atoms with Crippen molar-refractivity contribution in [2.45, 2.75) is 0 Å². The zero-order valence-electron chi connectivity index (χ0n) is 9.58. The number of carboxylic acid groups (broad SMARTS) is 1. The second-order valence-corrected chi connectivity index (χ2v) is 5.85. The molecule has 0 saturated heterocycles. The lowest BCUT2D eigenvalue weighted by Gasteiger charge is -2.05. The molecule has 1 heterocycles. The van der Waals surface area contributed by atoms with Crippen LogP contribution < -0.4 is 5.32 Å². The van der Waals surface area contributed by atoms with Gasteiger partial charge in [-0.15, -0.1) is 0 Å². The van der Waals surface area contributed by atoms with Crippen LogP contribution in [0.4, 0.5) is 0 Å². The number of aromatic nitrogens is 1. The number of rotatable bonds is 5. The predicted octanol–water partition coefficient (Wildman–Crippen LogP) is -0.446. The van der Waals surface area contributed by atoms with Gasteiger partial charge in [-0.2, -0.15) is 0 Å². The predicted molar refractivity (Wildman–Crippen MR) is 63.2 cm³/mol. The molecule has 0 aromatic carbocycles. The minimum atomic E-state index is -3.18. The van der Waals surface area contributed by atoms with E-state index in [1.807, 2.05) is 0 Å². The zero-order chi connectivity index (χ0) is 13.8. The molecule has 0 bridgehead atoms. The summed E-state index contributed by atoms with van der Waals surface area (Å²) in [5, 5.41) is 11.2. The van der Waals surface area contributed by atoms with Crippen LogP contribution in [0, 0.1) is 0 Å². The summed E-state index contributed by atoms with van der Waals surface area (Å²) in [6.07, 6.45) is 2.33. The maximum absolute atomic E-state index is 11.6. The highest BCUT2D eigenvalue weighted by molar-refractivity contribution is 7.90. The fourth-order valence-corrected chi connectivity index (χ4v) is 1.67. The van der Waals surface area contributed by atoms with Crippen molar-refractivity contribution in [2.24, 2.45) is 0 Å². The van der Waals surface area contributed by atoms with Gasteiger partial charge in [-0.3, -0.25) is 9.78 Å². The average molecular weight is 272 g/mol. The normalized spacial score (nSPS) is 10.9. The molecule has 98 valence electrons. The number of nitrogens with one attached hydrogen (secondary N) is 1. The summed E-state index contributed by atoms with van der Waals surface area (Å²) in [6.45, 7) is -0.0900. The van der Waals surface area contributed by atoms with Crippen LogP contribution >= 0.6 is 0 Å². The summed E-state index contributed by atoms with van der Waals surface area (Å²) in [5.74, 6) is -2.19. The Morgan fingerprint density at radius 3 is 2.67 bits per heavy atom. The molecule has 18 heavy (non-hydrogen) atoms. The topological polar surface area (TPSA) is 113 Å². The first-order valence-corrected chi connectivity index (χ1v) is 7.01. The van der Waals surface area contributed by atoms with E-state index in [2.05, 4.69) is 10.3 Å². The Labute approximate surface area is 104 Å². The zero-order valence-corrected chi connectivity index (χ0v) is 10.4. The number of carbonyl (C=O) groups is 2. The largest absolute Gasteiger partial charge is 0.478 e. The molecule has 0 radical (unpaired) electrons. The highest BCUT2D eigenvalue weighted by atomic mass is 32.2. The van der Waals surface area contributed by atoms with Gasteiger partial charge in [-0.05, 0) is 12.1 Å². The molecule has 0 aliphatic rings. The molecule has 0 spiro atoms. The Kier molecular flexibility index (Phi) is 4.38. The molecule has 1 rings (SSSR count). The van der Waals surface area contributed by atoms with Gasteiger partial charge in [0.15, 0.2) is 0 Å². The van der Waals surface area contributed by atoms with Crippen LogP contribution in [0.1, 0.15) is 20.8 Å². The van der Waals surface area contributed by atoms with E-state index >= 15 is 0 Å². The van der Waals surface area contributed by atoms with Crippen LogP contribution in [-0.2, 0) is 9.84 Å². The van der Waals surface area contributed by atoms with Crippen molar-refractivity contribution >= 4 is 21.7 Å². The molecule has 0 aliphatic carbocycles. The smallest absolute Gasteiger partial charge is 0.338 e. The van der Waals surface area contributed by atoms with Crippen molar-refractivity contribution < 1.29 is 23.1 Å². The van der Waals surface area contributed by atoms with Gasteiger partial charge in [0.25, 0.3) is 5.91 Å². The van der Waals surface area contributed by atoms with Crippen LogP contribution in [0.2, 0.25) is 0 Å². The molecule has 7 nitrogen and oxygen atoms in total. The third-order valence-electron chi connectivity index (χ3n) is 2.01. The van der Waals surface area contributed by atoms with Crippen molar-refractivity contribution in [3.63, 3.8) is 0 Å². The second kappa shape index (κ2) is 5.58. The minimum Gasteiger partial charge on any atom is -0.478 e. The van der Waals surface area contributed by atoms with Crippen LogP contribution in [-0.4, -0.2) is 48.9 Å². The molecule has 2 N–H and O–H groups in total. The number of hydrogen-bond donors (Lipinski definition) is 2. The van der Waals surface area contributed by atoms with E-state index in [0.717, 1.165) is 6.26 Å². The molecule has 1 amide bonds. The van der Waals surface area contributed by atoms with E-state index < -0.39 is 21.7 Å². The van der Waals surface area contributed by atoms with Crippen molar-refractivity contribution in [3.8, 4) is 0 Å². The minimum absolute atomic E-state index is 0.0900. The molecule has 0 fully saturated rings. The number of nitrogens with zero attached hydrogens (tertiary/aromatic N) is 1. The number of carboxylic acids is 1. The van der Waals surface area contributed by atoms with Gasteiger partial charge >= 0.3 is 5.97 Å². The summed E-state index contributed by atoms with van der Waals surface area (Å²) < 4.78 is 21.7. The number of carbonyl (C=O) groups excluding carboxylic acids is 1. The van der Waals surface area contributed by atoms with E-state index in [1.54, 1.807) is 0 Å². The highest BCUT2D eigenvalue weighted by Gasteiger charge is 2.17. The fourth-order valence-electron chi connectivity index (χ4n) is 1.19. The lowest BCUT2D eigenvalue weighted by Crippen LogP contribution is -2.30. The highest BCUT2D eigenvalue weighted by Crippen LogP contribution is 2.04. The van der Waals surface area contributed by atoms with Gasteiger partial charge < -0.3 is 10.4 Å². The van der Waals surface area contributed by atoms with Crippen LogP contribution in [0.3, 0.4) is 0 Å². The molecule has 1 aromatic heterocycles. The van der Waals surface area contributed by atoms with E-state index in [1.165, 1.54) is 18.3 Å². The van der Waals surface area contributed by atoms with Crippen molar-refractivity contribution in [3.05, 3.63) is 29.6 Å². The van der Waals surface area contributed by atoms with Gasteiger partial charge in [0.2, 0.25) is 0 Å². The summed E-state index contributed by atoms with van der Waals surface area (Å²) in [6, 6.07) is 2.65. The third-order valence-corrected chi connectivity index (χ3v) is 2.96. The number of sulfone groups is 1. The SMILES string of the molecule is CS(=O)(=O)CCNC(=O)c1ncccc1C(=O)O. The van der Waals surface area contributed by atoms with Crippen molar-refractivity contribution in [1.29, 1.82) is 0 Å². The molecular formula is C10H12N2O5S. The first-order valence-electron chi connectivity index (χ1n) is 4.95. The quantitative estimate of drug-likeness (QED) is 0.750. The standard InChI is InChI=1S/C10H12N2O5S/c1-18(16,17)6-5-12-9(13)8-7(10(14)15)3-2-4-11-8/h2-4H,5-6H2,1H3,(H,12,13)(H,14,15). The Balaban J connectivity index is 2.76. The Morgan fingerprint density at radius 1 is 1.44 bits per heavy atom. The summed E-state index contributed by atoms with van der Waals surface area (Å²) >= 11 is 0. The Bertz CT molecular complexity index is 567. The molecule has 0 aliphatic heterocycles. The maximum Gasteiger partial charge on any atom is 0.338 e. The van der Waals surface area contributed by atoms with E-state index in [9.17, 15) is 18.0 Å². The first kappa shape index (κ1) is 14.1. The fraction of sp³-hybridized carbons (Fsp3) is 0.300. The number of hydrogen-bond acceptors (Lipinski definition) is 5. The van der Waals surface area contributed by atoms with Crippen LogP contribution in [0.5, 0.6) is 0 Å². The Morgan fingerprint density at radius 2 is 2.11 bits per heavy atom. The van der Waals surface area contributed by atoms with Gasteiger partial charge in [0, 0.05) is 19.0 Å². The van der Waals surface area contributed by atoms with E-state index in [4.69, 9.17) is 5.11 Å². The van der Waals surface area contributed by atoms with Gasteiger partial charge in [-0.25, -0.2) is 13.2 Å². The molecular weight excluding hydrogens is 260 g/mol. The van der Waals surface area contributed by atoms with Crippen molar-refractivity contribution in [1.82, 2.24) is 10.3 Å². The molecule has 1 aromatic rings. The van der Waals surface area contributed by atoms with E-state index in [-0.39, 0.29) is 23.6 Å². The lowest BCUT2D eigenvalue weighted by atomic mass is 10.2.